The first-order chi connectivity index (χ1) is 20.1. The highest BCUT2D eigenvalue weighted by atomic mass is 32.2. The molecule has 42 heavy (non-hydrogen) atoms. The number of aliphatic hydroxyl groups is 1. The number of non-ortho nitro benzene ring substituents is 1. The van der Waals surface area contributed by atoms with Gasteiger partial charge in [-0.3, -0.25) is 20.0 Å². The van der Waals surface area contributed by atoms with Crippen molar-refractivity contribution in [2.75, 3.05) is 13.2 Å². The number of carbonyl (C=O) groups excluding carboxylic acids is 2. The highest BCUT2D eigenvalue weighted by molar-refractivity contribution is 8.03. The van der Waals surface area contributed by atoms with Gasteiger partial charge in [0.25, 0.3) is 5.69 Å². The van der Waals surface area contributed by atoms with Gasteiger partial charge in [0.1, 0.15) is 31.1 Å². The number of carbonyl (C=O) groups is 3. The van der Waals surface area contributed by atoms with Gasteiger partial charge in [-0.05, 0) is 31.0 Å². The number of nitrogens with zero attached hydrogens (tertiary/aromatic N) is 5. The molecule has 15 nitrogen and oxygen atoms in total. The summed E-state index contributed by atoms with van der Waals surface area (Å²) in [6, 6.07) is 4.86. The molecule has 2 aromatic rings. The largest absolute Gasteiger partial charge is 0.477 e. The van der Waals surface area contributed by atoms with Gasteiger partial charge in [-0.15, -0.1) is 11.8 Å². The van der Waals surface area contributed by atoms with Crippen molar-refractivity contribution >= 4 is 35.4 Å². The second-order valence-corrected chi connectivity index (χ2v) is 11.8. The van der Waals surface area contributed by atoms with E-state index < -0.39 is 47.0 Å². The lowest BCUT2D eigenvalue weighted by Crippen LogP contribution is -2.63. The van der Waals surface area contributed by atoms with E-state index in [4.69, 9.17) is 9.47 Å². The molecule has 4 heterocycles. The highest BCUT2D eigenvalue weighted by Crippen LogP contribution is 2.52. The van der Waals surface area contributed by atoms with E-state index in [-0.39, 0.29) is 48.9 Å². The number of carboxylic acid groups (broad SMARTS) is 1. The van der Waals surface area contributed by atoms with Gasteiger partial charge in [0.2, 0.25) is 5.91 Å². The van der Waals surface area contributed by atoms with Gasteiger partial charge in [-0.25, -0.2) is 14.6 Å². The maximum Gasteiger partial charge on any atom is 0.410 e. The number of hydrogen-bond donors (Lipinski definition) is 3. The molecule has 0 radical (unpaired) electrons. The van der Waals surface area contributed by atoms with E-state index in [0.29, 0.717) is 22.7 Å². The molecule has 1 aromatic heterocycles. The summed E-state index contributed by atoms with van der Waals surface area (Å²) >= 11 is 1.32. The third kappa shape index (κ3) is 5.69. The van der Waals surface area contributed by atoms with Crippen LogP contribution in [0.3, 0.4) is 0 Å². The summed E-state index contributed by atoms with van der Waals surface area (Å²) in [5.74, 6) is -2.07. The summed E-state index contributed by atoms with van der Waals surface area (Å²) < 4.78 is 11.3. The van der Waals surface area contributed by atoms with Crippen molar-refractivity contribution in [1.82, 2.24) is 25.0 Å². The van der Waals surface area contributed by atoms with Gasteiger partial charge in [-0.2, -0.15) is 5.10 Å². The molecule has 1 aromatic carbocycles. The predicted octanol–water partition coefficient (Wildman–Crippen LogP) is 1.90. The van der Waals surface area contributed by atoms with Crippen LogP contribution in [-0.2, 0) is 32.3 Å². The number of fused-ring (bicyclic) bond motifs is 1. The Morgan fingerprint density at radius 1 is 1.29 bits per heavy atom. The molecule has 3 aliphatic heterocycles. The van der Waals surface area contributed by atoms with E-state index in [1.807, 2.05) is 6.92 Å². The molecule has 5 rings (SSSR count). The maximum atomic E-state index is 13.2. The first kappa shape index (κ1) is 29.5. The van der Waals surface area contributed by atoms with Crippen LogP contribution in [0, 0.1) is 22.0 Å². The van der Waals surface area contributed by atoms with Crippen LogP contribution < -0.4 is 0 Å². The van der Waals surface area contributed by atoms with Gasteiger partial charge in [0.15, 0.2) is 0 Å². The monoisotopic (exact) mass is 602 g/mol. The van der Waals surface area contributed by atoms with Crippen molar-refractivity contribution in [1.29, 1.82) is 0 Å². The topological polar surface area (TPSA) is 201 Å². The molecule has 3 N–H and O–H groups in total. The minimum atomic E-state index is -1.21. The Morgan fingerprint density at radius 3 is 2.64 bits per heavy atom. The molecule has 6 atom stereocenters. The summed E-state index contributed by atoms with van der Waals surface area (Å²) in [5.41, 5.74) is 0.433. The van der Waals surface area contributed by atoms with Gasteiger partial charge in [-0.1, -0.05) is 6.92 Å². The van der Waals surface area contributed by atoms with Crippen LogP contribution >= 0.6 is 11.8 Å². The zero-order valence-corrected chi connectivity index (χ0v) is 23.6. The van der Waals surface area contributed by atoms with Crippen molar-refractivity contribution in [2.24, 2.45) is 11.8 Å². The lowest BCUT2D eigenvalue weighted by atomic mass is 9.79. The lowest BCUT2D eigenvalue weighted by molar-refractivity contribution is -0.384. The van der Waals surface area contributed by atoms with E-state index in [0.717, 1.165) is 0 Å². The molecule has 3 aliphatic rings. The van der Waals surface area contributed by atoms with Crippen LogP contribution in [0.25, 0.3) is 0 Å². The number of benzene rings is 1. The van der Waals surface area contributed by atoms with Crippen LogP contribution in [0.15, 0.2) is 41.2 Å². The van der Waals surface area contributed by atoms with Gasteiger partial charge < -0.3 is 29.5 Å². The van der Waals surface area contributed by atoms with Crippen molar-refractivity contribution in [2.45, 2.75) is 56.9 Å². The molecular formula is C26H30N6O9S. The summed E-state index contributed by atoms with van der Waals surface area (Å²) in [4.78, 5) is 55.9. The van der Waals surface area contributed by atoms with Gasteiger partial charge in [0, 0.05) is 34.8 Å². The predicted molar refractivity (Wildman–Crippen MR) is 145 cm³/mol. The number of nitro groups is 1. The summed E-state index contributed by atoms with van der Waals surface area (Å²) in [6.07, 6.45) is 0.314. The van der Waals surface area contributed by atoms with Crippen LogP contribution in [0.1, 0.15) is 31.7 Å². The first-order valence-corrected chi connectivity index (χ1v) is 14.2. The van der Waals surface area contributed by atoms with Crippen molar-refractivity contribution in [3.05, 3.63) is 62.7 Å². The molecule has 2 saturated heterocycles. The molecule has 0 aliphatic carbocycles. The summed E-state index contributed by atoms with van der Waals surface area (Å²) in [7, 11) is 0. The Balaban J connectivity index is 1.29. The fourth-order valence-electron chi connectivity index (χ4n) is 5.73. The number of aliphatic hydroxyl groups excluding tert-OH is 1. The van der Waals surface area contributed by atoms with E-state index >= 15 is 0 Å². The number of β-lactam (4-membered cyclic amide) rings is 1. The van der Waals surface area contributed by atoms with Crippen molar-refractivity contribution in [3.8, 4) is 0 Å². The standard InChI is InChI=1S/C26H30N6O9S/c1-13-21-20(14(2)33)24(34)31(21)22(25(35)36)23(13)42-18-7-17(10-40-11-19-27-12-28-29-19)30(8-18)26(37)41-9-15-3-5-16(6-4-15)32(38)39/h3-6,12-14,17-18,20-21,33H,7-11H2,1-2H3,(H,35,36)(H,27,28,29)/t13-,14-,17+,18+,20-,21-/m1/s1. The number of aromatic amines is 1. The van der Waals surface area contributed by atoms with Crippen molar-refractivity contribution < 1.29 is 39.0 Å². The van der Waals surface area contributed by atoms with E-state index in [9.17, 15) is 34.7 Å². The van der Waals surface area contributed by atoms with E-state index in [1.54, 1.807) is 0 Å². The number of aromatic nitrogens is 3. The fraction of sp³-hybridized carbons (Fsp3) is 0.500. The Bertz CT molecular complexity index is 1380. The number of likely N-dealkylation sites (tertiary alicyclic amines) is 1. The van der Waals surface area contributed by atoms with E-state index in [1.165, 1.54) is 59.1 Å². The number of thioether (sulfide) groups is 1. The number of ether oxygens (including phenoxy) is 2. The minimum absolute atomic E-state index is 0.0725. The zero-order valence-electron chi connectivity index (χ0n) is 22.8. The molecule has 224 valence electrons. The number of aliphatic carboxylic acids is 1. The van der Waals surface area contributed by atoms with E-state index in [2.05, 4.69) is 15.2 Å². The lowest BCUT2D eigenvalue weighted by Gasteiger charge is -2.46. The van der Waals surface area contributed by atoms with Crippen LogP contribution in [0.5, 0.6) is 0 Å². The Morgan fingerprint density at radius 2 is 2.02 bits per heavy atom. The Kier molecular flexibility index (Phi) is 8.47. The quantitative estimate of drug-likeness (QED) is 0.192. The Labute approximate surface area is 244 Å². The highest BCUT2D eigenvalue weighted by Gasteiger charge is 2.60. The van der Waals surface area contributed by atoms with Crippen LogP contribution in [0.4, 0.5) is 10.5 Å². The molecule has 2 amide bonds. The number of carboxylic acids is 1. The van der Waals surface area contributed by atoms with Gasteiger partial charge >= 0.3 is 12.1 Å². The Hall–Kier alpha value is -4.02. The molecular weight excluding hydrogens is 572 g/mol. The molecule has 2 fully saturated rings. The van der Waals surface area contributed by atoms with Crippen LogP contribution in [-0.4, -0.2) is 94.7 Å². The van der Waals surface area contributed by atoms with Gasteiger partial charge in [0.05, 0.1) is 35.6 Å². The number of rotatable bonds is 11. The third-order valence-electron chi connectivity index (χ3n) is 7.74. The second-order valence-electron chi connectivity index (χ2n) is 10.5. The molecule has 16 heteroatoms. The average Bonchev–Trinajstić information content (AvgIpc) is 3.66. The first-order valence-electron chi connectivity index (χ1n) is 13.3. The smallest absolute Gasteiger partial charge is 0.410 e. The number of nitrogens with one attached hydrogen (secondary N) is 1. The number of nitro benzene ring substituents is 1. The molecule has 0 unspecified atom stereocenters. The minimum Gasteiger partial charge on any atom is -0.477 e. The molecule has 0 saturated carbocycles. The SMILES string of the molecule is C[C@@H](O)[C@H]1C(=O)N2C(C(=O)O)=C(S[C@H]3C[C@@H](COCc4ncn[nH]4)N(C(=O)OCc4ccc([N+](=O)[O-])cc4)C3)[C@H](C)[C@H]12. The average molecular weight is 603 g/mol. The van der Waals surface area contributed by atoms with Crippen molar-refractivity contribution in [3.63, 3.8) is 0 Å². The van der Waals surface area contributed by atoms with Crippen LogP contribution in [0.2, 0.25) is 0 Å². The zero-order chi connectivity index (χ0) is 30.1. The summed E-state index contributed by atoms with van der Waals surface area (Å²) in [5, 5.41) is 37.3. The molecule has 0 bridgehead atoms. The third-order valence-corrected chi connectivity index (χ3v) is 9.23. The number of hydrogen-bond acceptors (Lipinski definition) is 11. The fourth-order valence-corrected chi connectivity index (χ4v) is 7.30. The molecule has 0 spiro atoms. The summed E-state index contributed by atoms with van der Waals surface area (Å²) in [6.45, 7) is 3.82. The normalized spacial score (nSPS) is 25.8. The maximum absolute atomic E-state index is 13.2. The number of H-pyrrole nitrogens is 1. The second kappa shape index (κ2) is 12.1. The number of amides is 2.